The van der Waals surface area contributed by atoms with E-state index in [9.17, 15) is 19.9 Å². The van der Waals surface area contributed by atoms with E-state index in [0.29, 0.717) is 18.5 Å². The van der Waals surface area contributed by atoms with Gasteiger partial charge >= 0.3 is 7.60 Å². The van der Waals surface area contributed by atoms with Gasteiger partial charge in [-0.25, -0.2) is 18.8 Å². The molecule has 10 nitrogen and oxygen atoms in total. The monoisotopic (exact) mass is 550 g/mol. The van der Waals surface area contributed by atoms with Gasteiger partial charge in [0.05, 0.1) is 42.8 Å². The van der Waals surface area contributed by atoms with E-state index in [-0.39, 0.29) is 46.3 Å². The number of rotatable bonds is 10. The van der Waals surface area contributed by atoms with Gasteiger partial charge in [0.25, 0.3) is 0 Å². The lowest BCUT2D eigenvalue weighted by Gasteiger charge is -2.11. The van der Waals surface area contributed by atoms with Gasteiger partial charge in [0.1, 0.15) is 12.4 Å². The number of carbonyl (C=O) groups is 1. The van der Waals surface area contributed by atoms with Crippen molar-refractivity contribution in [2.24, 2.45) is 0 Å². The minimum Gasteiger partial charge on any atom is -0.324 e. The summed E-state index contributed by atoms with van der Waals surface area (Å²) in [5, 5.41) is 19.9. The van der Waals surface area contributed by atoms with E-state index in [0.717, 1.165) is 11.8 Å². The van der Waals surface area contributed by atoms with E-state index in [2.05, 4.69) is 9.69 Å². The smallest absolute Gasteiger partial charge is 0.324 e. The van der Waals surface area contributed by atoms with E-state index in [4.69, 9.17) is 22.9 Å². The summed E-state index contributed by atoms with van der Waals surface area (Å²) in [7, 11) is -4.12. The zero-order chi connectivity index (χ0) is 29.1. The van der Waals surface area contributed by atoms with Gasteiger partial charge in [0, 0.05) is 24.3 Å². The molecule has 0 radical (unpaired) electrons. The number of aromatic nitrogens is 2. The van der Waals surface area contributed by atoms with Gasteiger partial charge in [-0.3, -0.25) is 4.57 Å². The molecule has 0 fully saturated rings. The van der Waals surface area contributed by atoms with Gasteiger partial charge in [-0.15, -0.1) is 0 Å². The van der Waals surface area contributed by atoms with E-state index in [1.54, 1.807) is 71.8 Å². The summed E-state index contributed by atoms with van der Waals surface area (Å²) < 4.78 is 14.6. The summed E-state index contributed by atoms with van der Waals surface area (Å²) in [5.74, 6) is 0. The lowest BCUT2D eigenvalue weighted by atomic mass is 9.92. The van der Waals surface area contributed by atoms with Crippen molar-refractivity contribution in [2.75, 3.05) is 6.16 Å². The molecule has 196 valence electrons. The standard InChI is InChI=1S/C29H21N6O4P/c1-32-28-25(7-5-23-8-13-34(14-9-23)12-3-18-36)29(33-2)27(21-31)24(26(28)20-30)6-4-22-10-15-35(16-11-22)17-19-40(37,38)39/h4-11,13-16,18H,3,12,17,19H2/p+2/b6-4+,7-5+. The predicted octanol–water partition coefficient (Wildman–Crippen LogP) is 4.21. The van der Waals surface area contributed by atoms with Crippen molar-refractivity contribution in [1.82, 2.24) is 0 Å². The molecular formula is C29H23N6O4P+2. The molecule has 2 heterocycles. The Hall–Kier alpha value is -5.22. The Morgan fingerprint density at radius 1 is 0.800 bits per heavy atom. The largest absolute Gasteiger partial charge is 0.331 e. The zero-order valence-electron chi connectivity index (χ0n) is 21.2. The Balaban J connectivity index is 2.01. The van der Waals surface area contributed by atoms with E-state index >= 15 is 0 Å². The SMILES string of the molecule is [C-]#[N+]c1c(C#N)c(/C=C/c2cc[n+](CCP(=O)(O)O)cc2)c(C#N)c([N+]#[C-])c1/C=C/c1cc[n+](CCC=O)cc1. The molecule has 0 bridgehead atoms. The van der Waals surface area contributed by atoms with Gasteiger partial charge < -0.3 is 14.6 Å². The first-order valence-electron chi connectivity index (χ1n) is 11.9. The van der Waals surface area contributed by atoms with Crippen molar-refractivity contribution in [1.29, 1.82) is 10.5 Å². The molecule has 2 aromatic heterocycles. The third-order valence-electron chi connectivity index (χ3n) is 5.84. The van der Waals surface area contributed by atoms with Crippen LogP contribution in [-0.2, 0) is 22.4 Å². The fourth-order valence-electron chi connectivity index (χ4n) is 3.81. The second-order valence-electron chi connectivity index (χ2n) is 8.47. The second-order valence-corrected chi connectivity index (χ2v) is 10.2. The molecule has 0 aliphatic carbocycles. The molecule has 0 amide bonds. The molecule has 11 heteroatoms. The van der Waals surface area contributed by atoms with Crippen molar-refractivity contribution < 1.29 is 28.3 Å². The maximum atomic E-state index is 11.1. The lowest BCUT2D eigenvalue weighted by Crippen LogP contribution is -2.34. The van der Waals surface area contributed by atoms with Crippen molar-refractivity contribution in [3.63, 3.8) is 0 Å². The Kier molecular flexibility index (Phi) is 9.93. The molecule has 0 saturated carbocycles. The van der Waals surface area contributed by atoms with Gasteiger partial charge in [0.2, 0.25) is 11.4 Å². The second kappa shape index (κ2) is 13.5. The van der Waals surface area contributed by atoms with Crippen molar-refractivity contribution >= 4 is 49.6 Å². The Bertz CT molecular complexity index is 1640. The Morgan fingerprint density at radius 2 is 1.25 bits per heavy atom. The van der Waals surface area contributed by atoms with Crippen molar-refractivity contribution in [3.8, 4) is 12.1 Å². The summed E-state index contributed by atoms with van der Waals surface area (Å²) in [4.78, 5) is 35.8. The average Bonchev–Trinajstić information content (AvgIpc) is 2.96. The fourth-order valence-corrected chi connectivity index (χ4v) is 4.30. The number of nitriles is 2. The number of aryl methyl sites for hydroxylation is 2. The van der Waals surface area contributed by atoms with Crippen LogP contribution in [0.1, 0.15) is 39.8 Å². The Morgan fingerprint density at radius 3 is 1.65 bits per heavy atom. The predicted molar refractivity (Wildman–Crippen MR) is 147 cm³/mol. The number of hydrogen-bond donors (Lipinski definition) is 2. The lowest BCUT2D eigenvalue weighted by molar-refractivity contribution is -0.695. The molecule has 2 N–H and O–H groups in total. The maximum Gasteiger partial charge on any atom is 0.331 e. The normalized spacial score (nSPS) is 11.1. The van der Waals surface area contributed by atoms with E-state index < -0.39 is 7.60 Å². The van der Waals surface area contributed by atoms with Gasteiger partial charge in [-0.05, 0) is 22.3 Å². The number of hydrogen-bond acceptors (Lipinski definition) is 4. The number of aldehydes is 1. The summed E-state index contributed by atoms with van der Waals surface area (Å²) in [5.41, 5.74) is 1.65. The first kappa shape index (κ1) is 29.3. The highest BCUT2D eigenvalue weighted by molar-refractivity contribution is 7.51. The third kappa shape index (κ3) is 7.42. The molecule has 40 heavy (non-hydrogen) atoms. The highest BCUT2D eigenvalue weighted by atomic mass is 31.2. The molecule has 0 aliphatic rings. The van der Waals surface area contributed by atoms with Crippen LogP contribution in [0.2, 0.25) is 0 Å². The topological polar surface area (TPSA) is 139 Å². The average molecular weight is 551 g/mol. The van der Waals surface area contributed by atoms with E-state index in [1.807, 2.05) is 16.7 Å². The molecule has 0 spiro atoms. The highest BCUT2D eigenvalue weighted by Gasteiger charge is 2.22. The van der Waals surface area contributed by atoms with Gasteiger partial charge in [-0.1, -0.05) is 24.3 Å². The summed E-state index contributed by atoms with van der Waals surface area (Å²) in [6, 6.07) is 11.0. The molecule has 0 aliphatic heterocycles. The first-order valence-corrected chi connectivity index (χ1v) is 13.7. The van der Waals surface area contributed by atoms with Crippen LogP contribution in [0.3, 0.4) is 0 Å². The van der Waals surface area contributed by atoms with Crippen LogP contribution in [-0.4, -0.2) is 22.2 Å². The van der Waals surface area contributed by atoms with Gasteiger partial charge in [-0.2, -0.15) is 10.5 Å². The summed E-state index contributed by atoms with van der Waals surface area (Å²) in [6.07, 6.45) is 14.2. The zero-order valence-corrected chi connectivity index (χ0v) is 22.1. The highest BCUT2D eigenvalue weighted by Crippen LogP contribution is 2.41. The molecule has 0 unspecified atom stereocenters. The fraction of sp³-hybridized carbons (Fsp3) is 0.138. The number of carbonyl (C=O) groups excluding carboxylic acids is 1. The van der Waals surface area contributed by atoms with Crippen LogP contribution in [0.25, 0.3) is 34.0 Å². The minimum absolute atomic E-state index is 0.0257. The summed E-state index contributed by atoms with van der Waals surface area (Å²) >= 11 is 0. The minimum atomic E-state index is -4.12. The van der Waals surface area contributed by atoms with Crippen LogP contribution in [0, 0.1) is 35.8 Å². The number of nitrogens with zero attached hydrogens (tertiary/aromatic N) is 6. The van der Waals surface area contributed by atoms with Gasteiger partial charge in [0.15, 0.2) is 37.9 Å². The first-order chi connectivity index (χ1) is 19.2. The number of pyridine rings is 2. The van der Waals surface area contributed by atoms with Crippen LogP contribution in [0.5, 0.6) is 0 Å². The van der Waals surface area contributed by atoms with E-state index in [1.165, 1.54) is 6.08 Å². The molecule has 0 saturated heterocycles. The molecule has 0 atom stereocenters. The van der Waals surface area contributed by atoms with Crippen LogP contribution in [0.15, 0.2) is 49.1 Å². The quantitative estimate of drug-likeness (QED) is 0.168. The van der Waals surface area contributed by atoms with Crippen LogP contribution < -0.4 is 9.13 Å². The molecular weight excluding hydrogens is 527 g/mol. The van der Waals surface area contributed by atoms with Crippen LogP contribution in [0.4, 0.5) is 11.4 Å². The summed E-state index contributed by atoms with van der Waals surface area (Å²) in [6.45, 7) is 16.2. The molecule has 3 rings (SSSR count). The molecule has 3 aromatic rings. The number of benzene rings is 1. The molecule has 1 aromatic carbocycles. The van der Waals surface area contributed by atoms with Crippen LogP contribution >= 0.6 is 7.60 Å². The Labute approximate surface area is 231 Å². The maximum absolute atomic E-state index is 11.1. The van der Waals surface area contributed by atoms with Crippen molar-refractivity contribution in [2.45, 2.75) is 19.5 Å². The van der Waals surface area contributed by atoms with Crippen molar-refractivity contribution in [3.05, 3.63) is 105 Å². The third-order valence-corrected chi connectivity index (χ3v) is 6.63.